The highest BCUT2D eigenvalue weighted by Gasteiger charge is 2.37. The Morgan fingerprint density at radius 1 is 1.38 bits per heavy atom. The Kier molecular flexibility index (Phi) is 3.42. The lowest BCUT2D eigenvalue weighted by molar-refractivity contribution is 0.138. The molecule has 0 spiro atoms. The second-order valence-electron chi connectivity index (χ2n) is 2.86. The van der Waals surface area contributed by atoms with Crippen molar-refractivity contribution in [3.05, 3.63) is 35.9 Å². The fourth-order valence-electron chi connectivity index (χ4n) is 1.10. The maximum Gasteiger partial charge on any atom is 0.220 e. The van der Waals surface area contributed by atoms with Crippen molar-refractivity contribution in [3.8, 4) is 0 Å². The molecule has 0 bridgehead atoms. The van der Waals surface area contributed by atoms with Gasteiger partial charge in [0, 0.05) is 5.56 Å². The molecule has 0 amide bonds. The molecule has 0 aliphatic carbocycles. The van der Waals surface area contributed by atoms with Gasteiger partial charge in [0.1, 0.15) is 6.17 Å². The first-order chi connectivity index (χ1) is 6.09. The van der Waals surface area contributed by atoms with E-state index in [0.29, 0.717) is 5.56 Å². The zero-order valence-corrected chi connectivity index (χ0v) is 8.89. The minimum atomic E-state index is -2.05. The van der Waals surface area contributed by atoms with E-state index in [2.05, 4.69) is 15.9 Å². The molecule has 0 N–H and O–H groups in total. The van der Waals surface area contributed by atoms with Crippen LogP contribution in [0.4, 0.5) is 8.78 Å². The van der Waals surface area contributed by atoms with Crippen LogP contribution in [0.15, 0.2) is 30.3 Å². The van der Waals surface area contributed by atoms with Gasteiger partial charge in [-0.3, -0.25) is 0 Å². The standard InChI is InChI=1S/C10H11BrF2/c1-2-9(12)10(11,13)8-6-4-3-5-7-8/h3-7,9H,2H2,1H3. The Balaban J connectivity index is 2.93. The lowest BCUT2D eigenvalue weighted by Crippen LogP contribution is -2.24. The van der Waals surface area contributed by atoms with Crippen molar-refractivity contribution in [1.82, 2.24) is 0 Å². The van der Waals surface area contributed by atoms with Crippen LogP contribution in [-0.4, -0.2) is 6.17 Å². The Morgan fingerprint density at radius 3 is 2.38 bits per heavy atom. The average molecular weight is 249 g/mol. The summed E-state index contributed by atoms with van der Waals surface area (Å²) in [6.07, 6.45) is -1.37. The van der Waals surface area contributed by atoms with Gasteiger partial charge in [-0.15, -0.1) is 0 Å². The van der Waals surface area contributed by atoms with Crippen LogP contribution in [0.2, 0.25) is 0 Å². The van der Waals surface area contributed by atoms with Crippen molar-refractivity contribution in [1.29, 1.82) is 0 Å². The van der Waals surface area contributed by atoms with E-state index in [4.69, 9.17) is 0 Å². The van der Waals surface area contributed by atoms with Gasteiger partial charge >= 0.3 is 0 Å². The van der Waals surface area contributed by atoms with Crippen LogP contribution in [-0.2, 0) is 4.58 Å². The summed E-state index contributed by atoms with van der Waals surface area (Å²) in [4.78, 5) is 0. The third-order valence-electron chi connectivity index (χ3n) is 1.91. The molecule has 3 heteroatoms. The monoisotopic (exact) mass is 248 g/mol. The van der Waals surface area contributed by atoms with Gasteiger partial charge in [-0.05, 0) is 22.4 Å². The summed E-state index contributed by atoms with van der Waals surface area (Å²) in [5, 5.41) is 0. The fraction of sp³-hybridized carbons (Fsp3) is 0.400. The molecule has 0 radical (unpaired) electrons. The molecule has 0 saturated heterocycles. The number of rotatable bonds is 3. The Hall–Kier alpha value is -0.440. The molecule has 1 aromatic carbocycles. The zero-order chi connectivity index (χ0) is 9.90. The summed E-state index contributed by atoms with van der Waals surface area (Å²) in [6.45, 7) is 1.61. The Bertz CT molecular complexity index is 259. The predicted octanol–water partition coefficient (Wildman–Crippen LogP) is 3.95. The van der Waals surface area contributed by atoms with Crippen LogP contribution in [0.3, 0.4) is 0 Å². The zero-order valence-electron chi connectivity index (χ0n) is 7.31. The first-order valence-electron chi connectivity index (χ1n) is 4.16. The van der Waals surface area contributed by atoms with E-state index in [1.54, 1.807) is 37.3 Å². The molecule has 0 aliphatic heterocycles. The van der Waals surface area contributed by atoms with Crippen molar-refractivity contribution >= 4 is 15.9 Å². The van der Waals surface area contributed by atoms with E-state index in [-0.39, 0.29) is 6.42 Å². The van der Waals surface area contributed by atoms with E-state index in [9.17, 15) is 8.78 Å². The normalized spacial score (nSPS) is 17.8. The number of alkyl halides is 3. The predicted molar refractivity (Wildman–Crippen MR) is 53.3 cm³/mol. The number of hydrogen-bond donors (Lipinski definition) is 0. The highest BCUT2D eigenvalue weighted by atomic mass is 79.9. The minimum absolute atomic E-state index is 0.149. The largest absolute Gasteiger partial charge is 0.243 e. The molecule has 0 aliphatic rings. The summed E-state index contributed by atoms with van der Waals surface area (Å²) >= 11 is 2.77. The quantitative estimate of drug-likeness (QED) is 0.711. The van der Waals surface area contributed by atoms with Gasteiger partial charge in [0.25, 0.3) is 0 Å². The van der Waals surface area contributed by atoms with Crippen LogP contribution < -0.4 is 0 Å². The van der Waals surface area contributed by atoms with Gasteiger partial charge < -0.3 is 0 Å². The highest BCUT2D eigenvalue weighted by Crippen LogP contribution is 2.39. The van der Waals surface area contributed by atoms with Gasteiger partial charge in [-0.25, -0.2) is 8.78 Å². The van der Waals surface area contributed by atoms with E-state index in [0.717, 1.165) is 0 Å². The van der Waals surface area contributed by atoms with Crippen LogP contribution in [0.25, 0.3) is 0 Å². The topological polar surface area (TPSA) is 0 Å². The molecule has 13 heavy (non-hydrogen) atoms. The van der Waals surface area contributed by atoms with Crippen molar-refractivity contribution in [2.45, 2.75) is 24.1 Å². The van der Waals surface area contributed by atoms with Crippen LogP contribution in [0.5, 0.6) is 0 Å². The van der Waals surface area contributed by atoms with Crippen molar-refractivity contribution in [2.24, 2.45) is 0 Å². The molecule has 1 rings (SSSR count). The van der Waals surface area contributed by atoms with Gasteiger partial charge in [-0.2, -0.15) is 0 Å². The lowest BCUT2D eigenvalue weighted by atomic mass is 10.1. The molecular weight excluding hydrogens is 238 g/mol. The number of halogens is 3. The molecule has 0 nitrogen and oxygen atoms in total. The van der Waals surface area contributed by atoms with E-state index in [1.807, 2.05) is 0 Å². The molecule has 0 saturated carbocycles. The third-order valence-corrected chi connectivity index (χ3v) is 2.87. The van der Waals surface area contributed by atoms with Crippen molar-refractivity contribution in [2.75, 3.05) is 0 Å². The van der Waals surface area contributed by atoms with Gasteiger partial charge in [-0.1, -0.05) is 37.3 Å². The first kappa shape index (κ1) is 10.6. The van der Waals surface area contributed by atoms with E-state index in [1.165, 1.54) is 0 Å². The van der Waals surface area contributed by atoms with Gasteiger partial charge in [0.15, 0.2) is 0 Å². The fourth-order valence-corrected chi connectivity index (χ4v) is 1.69. The molecule has 0 fully saturated rings. The van der Waals surface area contributed by atoms with Crippen molar-refractivity contribution < 1.29 is 8.78 Å². The third kappa shape index (κ3) is 2.27. The first-order valence-corrected chi connectivity index (χ1v) is 4.95. The maximum absolute atomic E-state index is 13.8. The molecule has 0 heterocycles. The van der Waals surface area contributed by atoms with Gasteiger partial charge in [0.2, 0.25) is 4.58 Å². The summed E-state index contributed by atoms with van der Waals surface area (Å²) < 4.78 is 24.9. The summed E-state index contributed by atoms with van der Waals surface area (Å²) in [5.74, 6) is 0. The van der Waals surface area contributed by atoms with Gasteiger partial charge in [0.05, 0.1) is 0 Å². The molecule has 0 aromatic heterocycles. The summed E-state index contributed by atoms with van der Waals surface area (Å²) in [7, 11) is 0. The molecule has 1 aromatic rings. The van der Waals surface area contributed by atoms with Crippen molar-refractivity contribution in [3.63, 3.8) is 0 Å². The maximum atomic E-state index is 13.8. The Labute approximate surface area is 85.1 Å². The van der Waals surface area contributed by atoms with E-state index >= 15 is 0 Å². The SMILES string of the molecule is CCC(F)C(F)(Br)c1ccccc1. The second kappa shape index (κ2) is 4.18. The summed E-state index contributed by atoms with van der Waals surface area (Å²) in [5.41, 5.74) is 0.323. The highest BCUT2D eigenvalue weighted by molar-refractivity contribution is 9.09. The number of hydrogen-bond acceptors (Lipinski definition) is 0. The summed E-state index contributed by atoms with van der Waals surface area (Å²) in [6, 6.07) is 8.28. The molecule has 2 unspecified atom stereocenters. The van der Waals surface area contributed by atoms with Crippen LogP contribution in [0, 0.1) is 0 Å². The van der Waals surface area contributed by atoms with E-state index < -0.39 is 10.7 Å². The van der Waals surface area contributed by atoms with Crippen LogP contribution in [0.1, 0.15) is 18.9 Å². The van der Waals surface area contributed by atoms with Crippen LogP contribution >= 0.6 is 15.9 Å². The minimum Gasteiger partial charge on any atom is -0.243 e. The smallest absolute Gasteiger partial charge is 0.220 e. The second-order valence-corrected chi connectivity index (χ2v) is 4.02. The Morgan fingerprint density at radius 2 is 1.92 bits per heavy atom. The average Bonchev–Trinajstić information content (AvgIpc) is 2.18. The number of benzene rings is 1. The molecule has 72 valence electrons. The lowest BCUT2D eigenvalue weighted by Gasteiger charge is -2.21. The molecular formula is C10H11BrF2. The molecule has 2 atom stereocenters.